The minimum absolute atomic E-state index is 0.314. The van der Waals surface area contributed by atoms with E-state index in [1.54, 1.807) is 18.2 Å². The molecule has 26 heavy (non-hydrogen) atoms. The zero-order chi connectivity index (χ0) is 18.5. The van der Waals surface area contributed by atoms with Crippen LogP contribution in [-0.2, 0) is 19.7 Å². The summed E-state index contributed by atoms with van der Waals surface area (Å²) in [5, 5.41) is 16.9. The maximum Gasteiger partial charge on any atom is 0.263 e. The molecule has 0 saturated heterocycles. The van der Waals surface area contributed by atoms with Crippen LogP contribution in [0.2, 0.25) is 15.1 Å². The predicted octanol–water partition coefficient (Wildman–Crippen LogP) is 4.84. The van der Waals surface area contributed by atoms with Crippen LogP contribution in [0.4, 0.5) is 5.95 Å². The highest BCUT2D eigenvalue weighted by molar-refractivity contribution is 6.35. The molecule has 6 nitrogen and oxygen atoms in total. The number of tetrazole rings is 1. The number of rotatable bonds is 7. The molecule has 0 aliphatic carbocycles. The van der Waals surface area contributed by atoms with Crippen LogP contribution < -0.4 is 10.1 Å². The summed E-state index contributed by atoms with van der Waals surface area (Å²) in [5.74, 6) is 1.13. The van der Waals surface area contributed by atoms with Gasteiger partial charge in [0.2, 0.25) is 0 Å². The van der Waals surface area contributed by atoms with E-state index in [-0.39, 0.29) is 0 Å². The van der Waals surface area contributed by atoms with Gasteiger partial charge in [0.25, 0.3) is 5.95 Å². The lowest BCUT2D eigenvalue weighted by Crippen LogP contribution is -2.05. The Morgan fingerprint density at radius 3 is 2.54 bits per heavy atom. The number of nitrogens with one attached hydrogen (secondary N) is 1. The van der Waals surface area contributed by atoms with Gasteiger partial charge >= 0.3 is 0 Å². The van der Waals surface area contributed by atoms with Crippen LogP contribution in [0.1, 0.15) is 18.1 Å². The molecule has 1 N–H and O–H groups in total. The standard InChI is InChI=1S/C17H16Cl3N5O/c1-2-25-23-17(22-24-25)21-9-12-7-13(18)5-6-16(12)26-10-11-3-4-14(19)8-15(11)20/h3-8H,2,9-10H2,1H3,(H,21,23). The third-order valence-corrected chi connectivity index (χ3v) is 4.42. The SMILES string of the molecule is CCn1nnc(NCc2cc(Cl)ccc2OCc2ccc(Cl)cc2Cl)n1. The molecule has 3 rings (SSSR count). The number of hydrogen-bond donors (Lipinski definition) is 1. The van der Waals surface area contributed by atoms with Crippen molar-refractivity contribution >= 4 is 40.8 Å². The third kappa shape index (κ3) is 4.78. The van der Waals surface area contributed by atoms with Gasteiger partial charge in [-0.3, -0.25) is 0 Å². The lowest BCUT2D eigenvalue weighted by Gasteiger charge is -2.13. The van der Waals surface area contributed by atoms with Crippen molar-refractivity contribution < 1.29 is 4.74 Å². The van der Waals surface area contributed by atoms with Crippen molar-refractivity contribution in [3.63, 3.8) is 0 Å². The molecule has 1 aromatic heterocycles. The molecule has 2 aromatic carbocycles. The largest absolute Gasteiger partial charge is 0.488 e. The number of nitrogens with zero attached hydrogens (tertiary/aromatic N) is 4. The lowest BCUT2D eigenvalue weighted by molar-refractivity contribution is 0.303. The van der Waals surface area contributed by atoms with Crippen LogP contribution in [0.15, 0.2) is 36.4 Å². The minimum Gasteiger partial charge on any atom is -0.488 e. The van der Waals surface area contributed by atoms with Gasteiger partial charge in [0.05, 0.1) is 6.54 Å². The summed E-state index contributed by atoms with van der Waals surface area (Å²) in [6.45, 7) is 3.35. The fraction of sp³-hybridized carbons (Fsp3) is 0.235. The van der Waals surface area contributed by atoms with E-state index in [1.165, 1.54) is 4.80 Å². The van der Waals surface area contributed by atoms with Gasteiger partial charge in [0.15, 0.2) is 0 Å². The maximum atomic E-state index is 6.19. The van der Waals surface area contributed by atoms with Crippen LogP contribution in [-0.4, -0.2) is 20.2 Å². The first kappa shape index (κ1) is 18.8. The van der Waals surface area contributed by atoms with Crippen molar-refractivity contribution in [1.82, 2.24) is 20.2 Å². The maximum absolute atomic E-state index is 6.19. The second-order valence-corrected chi connectivity index (χ2v) is 6.71. The van der Waals surface area contributed by atoms with E-state index >= 15 is 0 Å². The van der Waals surface area contributed by atoms with Crippen molar-refractivity contribution in [2.75, 3.05) is 5.32 Å². The first-order valence-electron chi connectivity index (χ1n) is 7.92. The summed E-state index contributed by atoms with van der Waals surface area (Å²) in [6.07, 6.45) is 0. The highest BCUT2D eigenvalue weighted by Crippen LogP contribution is 2.27. The van der Waals surface area contributed by atoms with Gasteiger partial charge in [-0.2, -0.15) is 4.80 Å². The summed E-state index contributed by atoms with van der Waals surface area (Å²) in [7, 11) is 0. The lowest BCUT2D eigenvalue weighted by atomic mass is 10.2. The predicted molar refractivity (Wildman–Crippen MR) is 103 cm³/mol. The minimum atomic E-state index is 0.314. The van der Waals surface area contributed by atoms with E-state index in [9.17, 15) is 0 Å². The number of halogens is 3. The molecule has 0 unspecified atom stereocenters. The van der Waals surface area contributed by atoms with E-state index < -0.39 is 0 Å². The Morgan fingerprint density at radius 2 is 1.81 bits per heavy atom. The van der Waals surface area contributed by atoms with Crippen molar-refractivity contribution in [1.29, 1.82) is 0 Å². The average Bonchev–Trinajstić information content (AvgIpc) is 3.08. The third-order valence-electron chi connectivity index (χ3n) is 3.59. The van der Waals surface area contributed by atoms with Gasteiger partial charge in [-0.25, -0.2) is 0 Å². The quantitative estimate of drug-likeness (QED) is 0.601. The average molecular weight is 413 g/mol. The zero-order valence-electron chi connectivity index (χ0n) is 13.9. The van der Waals surface area contributed by atoms with Gasteiger partial charge in [0.1, 0.15) is 12.4 Å². The molecule has 0 atom stereocenters. The molecule has 0 fully saturated rings. The van der Waals surface area contributed by atoms with Crippen LogP contribution in [0.3, 0.4) is 0 Å². The van der Waals surface area contributed by atoms with Crippen LogP contribution >= 0.6 is 34.8 Å². The Labute approximate surface area is 166 Å². The second-order valence-electron chi connectivity index (χ2n) is 5.43. The molecule has 0 radical (unpaired) electrons. The molecule has 136 valence electrons. The number of aryl methyl sites for hydroxylation is 1. The first-order chi connectivity index (χ1) is 12.5. The fourth-order valence-corrected chi connectivity index (χ4v) is 2.90. The highest BCUT2D eigenvalue weighted by Gasteiger charge is 2.09. The molecule has 0 aliphatic rings. The molecule has 1 heterocycles. The summed E-state index contributed by atoms with van der Waals surface area (Å²) in [5.41, 5.74) is 1.72. The van der Waals surface area contributed by atoms with Gasteiger partial charge in [0, 0.05) is 32.7 Å². The van der Waals surface area contributed by atoms with Gasteiger partial charge in [-0.15, -0.1) is 5.10 Å². The van der Waals surface area contributed by atoms with E-state index in [0.717, 1.165) is 11.1 Å². The molecule has 3 aromatic rings. The monoisotopic (exact) mass is 411 g/mol. The van der Waals surface area contributed by atoms with E-state index in [2.05, 4.69) is 20.7 Å². The van der Waals surface area contributed by atoms with Gasteiger partial charge < -0.3 is 10.1 Å². The molecule has 0 bridgehead atoms. The molecular weight excluding hydrogens is 397 g/mol. The summed E-state index contributed by atoms with van der Waals surface area (Å²) in [4.78, 5) is 1.50. The number of benzene rings is 2. The van der Waals surface area contributed by atoms with Crippen LogP contribution in [0.25, 0.3) is 0 Å². The fourth-order valence-electron chi connectivity index (χ4n) is 2.24. The Kier molecular flexibility index (Phi) is 6.19. The molecule has 0 spiro atoms. The summed E-state index contributed by atoms with van der Waals surface area (Å²) < 4.78 is 5.93. The smallest absolute Gasteiger partial charge is 0.263 e. The number of hydrogen-bond acceptors (Lipinski definition) is 5. The molecular formula is C17H16Cl3N5O. The molecule has 0 aliphatic heterocycles. The summed E-state index contributed by atoms with van der Waals surface area (Å²) in [6, 6.07) is 10.7. The second kappa shape index (κ2) is 8.58. The normalized spacial score (nSPS) is 10.8. The van der Waals surface area contributed by atoms with Gasteiger partial charge in [-0.05, 0) is 42.5 Å². The summed E-state index contributed by atoms with van der Waals surface area (Å²) >= 11 is 18.2. The van der Waals surface area contributed by atoms with E-state index in [4.69, 9.17) is 39.5 Å². The zero-order valence-corrected chi connectivity index (χ0v) is 16.2. The van der Waals surface area contributed by atoms with E-state index in [1.807, 2.05) is 25.1 Å². The van der Waals surface area contributed by atoms with E-state index in [0.29, 0.717) is 46.5 Å². The van der Waals surface area contributed by atoms with Crippen molar-refractivity contribution in [2.45, 2.75) is 26.6 Å². The number of ether oxygens (including phenoxy) is 1. The van der Waals surface area contributed by atoms with Crippen LogP contribution in [0, 0.1) is 0 Å². The van der Waals surface area contributed by atoms with Crippen molar-refractivity contribution in [2.24, 2.45) is 0 Å². The topological polar surface area (TPSA) is 64.9 Å². The van der Waals surface area contributed by atoms with Crippen molar-refractivity contribution in [3.05, 3.63) is 62.6 Å². The first-order valence-corrected chi connectivity index (χ1v) is 9.05. The molecule has 0 saturated carbocycles. The molecule has 0 amide bonds. The van der Waals surface area contributed by atoms with Crippen LogP contribution in [0.5, 0.6) is 5.75 Å². The molecule has 9 heteroatoms. The Bertz CT molecular complexity index is 900. The number of anilines is 1. The van der Waals surface area contributed by atoms with Gasteiger partial charge in [-0.1, -0.05) is 46.0 Å². The Balaban J connectivity index is 1.70. The Hall–Kier alpha value is -2.02. The number of aromatic nitrogens is 4. The Morgan fingerprint density at radius 1 is 1.04 bits per heavy atom. The van der Waals surface area contributed by atoms with Crippen molar-refractivity contribution in [3.8, 4) is 5.75 Å². The highest BCUT2D eigenvalue weighted by atomic mass is 35.5.